The Kier molecular flexibility index (Phi) is 2.85. The first kappa shape index (κ1) is 10.1. The zero-order valence-electron chi connectivity index (χ0n) is 7.86. The highest BCUT2D eigenvalue weighted by Gasteiger charge is 2.33. The molecule has 14 heavy (non-hydrogen) atoms. The van der Waals surface area contributed by atoms with Crippen LogP contribution >= 0.6 is 15.9 Å². The first-order chi connectivity index (χ1) is 6.68. The Hall–Kier alpha value is -0.450. The molecule has 1 aliphatic carbocycles. The summed E-state index contributed by atoms with van der Waals surface area (Å²) in [7, 11) is 0. The molecule has 76 valence electrons. The van der Waals surface area contributed by atoms with Crippen LogP contribution in [0.3, 0.4) is 0 Å². The van der Waals surface area contributed by atoms with E-state index in [2.05, 4.69) is 20.9 Å². The fourth-order valence-electron chi connectivity index (χ4n) is 1.58. The summed E-state index contributed by atoms with van der Waals surface area (Å²) in [6.45, 7) is 0. The van der Waals surface area contributed by atoms with Crippen LogP contribution in [0.1, 0.15) is 24.6 Å². The fourth-order valence-corrected chi connectivity index (χ4v) is 1.94. The molecule has 0 radical (unpaired) electrons. The molecule has 2 unspecified atom stereocenters. The summed E-state index contributed by atoms with van der Waals surface area (Å²) in [4.78, 5) is 4.32. The van der Waals surface area contributed by atoms with Crippen LogP contribution in [0, 0.1) is 5.92 Å². The van der Waals surface area contributed by atoms with E-state index < -0.39 is 0 Å². The van der Waals surface area contributed by atoms with E-state index in [-0.39, 0.29) is 12.1 Å². The van der Waals surface area contributed by atoms with Gasteiger partial charge < -0.3 is 11.5 Å². The highest BCUT2D eigenvalue weighted by atomic mass is 79.9. The lowest BCUT2D eigenvalue weighted by Crippen LogP contribution is -2.36. The van der Waals surface area contributed by atoms with Crippen molar-refractivity contribution in [1.29, 1.82) is 0 Å². The Morgan fingerprint density at radius 3 is 2.64 bits per heavy atom. The van der Waals surface area contributed by atoms with E-state index in [1.807, 2.05) is 18.2 Å². The van der Waals surface area contributed by atoms with Crippen molar-refractivity contribution in [2.75, 3.05) is 0 Å². The van der Waals surface area contributed by atoms with Crippen molar-refractivity contribution in [1.82, 2.24) is 4.98 Å². The highest BCUT2D eigenvalue weighted by Crippen LogP contribution is 2.35. The Balaban J connectivity index is 2.13. The molecule has 1 fully saturated rings. The van der Waals surface area contributed by atoms with Crippen molar-refractivity contribution >= 4 is 15.9 Å². The lowest BCUT2D eigenvalue weighted by atomic mass is 10.0. The summed E-state index contributed by atoms with van der Waals surface area (Å²) in [6.07, 6.45) is 2.42. The molecule has 1 aromatic heterocycles. The summed E-state index contributed by atoms with van der Waals surface area (Å²) in [5.74, 6) is 0.603. The third kappa shape index (κ3) is 2.13. The standard InChI is InChI=1S/C10H14BrN3/c11-8-3-1-2-7(14-8)10(13)9(12)6-4-5-6/h1-3,6,9-10H,4-5,12-13H2. The Morgan fingerprint density at radius 2 is 2.07 bits per heavy atom. The van der Waals surface area contributed by atoms with Crippen molar-refractivity contribution in [3.8, 4) is 0 Å². The molecule has 4 N–H and O–H groups in total. The van der Waals surface area contributed by atoms with Gasteiger partial charge in [0.1, 0.15) is 4.60 Å². The molecule has 0 amide bonds. The minimum Gasteiger partial charge on any atom is -0.326 e. The number of nitrogens with zero attached hydrogens (tertiary/aromatic N) is 1. The van der Waals surface area contributed by atoms with Crippen LogP contribution in [0.25, 0.3) is 0 Å². The number of halogens is 1. The van der Waals surface area contributed by atoms with Crippen molar-refractivity contribution < 1.29 is 0 Å². The van der Waals surface area contributed by atoms with Gasteiger partial charge >= 0.3 is 0 Å². The molecular weight excluding hydrogens is 242 g/mol. The highest BCUT2D eigenvalue weighted by molar-refractivity contribution is 9.10. The van der Waals surface area contributed by atoms with Crippen LogP contribution in [-0.4, -0.2) is 11.0 Å². The van der Waals surface area contributed by atoms with Gasteiger partial charge in [0.05, 0.1) is 11.7 Å². The van der Waals surface area contributed by atoms with Crippen LogP contribution < -0.4 is 11.5 Å². The van der Waals surface area contributed by atoms with Gasteiger partial charge in [0.2, 0.25) is 0 Å². The maximum absolute atomic E-state index is 6.04. The molecule has 0 saturated heterocycles. The first-order valence-corrected chi connectivity index (χ1v) is 5.61. The fraction of sp³-hybridized carbons (Fsp3) is 0.500. The summed E-state index contributed by atoms with van der Waals surface area (Å²) in [5, 5.41) is 0. The van der Waals surface area contributed by atoms with E-state index in [0.29, 0.717) is 5.92 Å². The average molecular weight is 256 g/mol. The van der Waals surface area contributed by atoms with E-state index in [4.69, 9.17) is 11.5 Å². The monoisotopic (exact) mass is 255 g/mol. The maximum atomic E-state index is 6.04. The Bertz CT molecular complexity index is 325. The van der Waals surface area contributed by atoms with Gasteiger partial charge in [-0.3, -0.25) is 0 Å². The van der Waals surface area contributed by atoms with Crippen molar-refractivity contribution in [3.05, 3.63) is 28.5 Å². The van der Waals surface area contributed by atoms with E-state index in [9.17, 15) is 0 Å². The average Bonchev–Trinajstić information content (AvgIpc) is 2.99. The molecule has 1 heterocycles. The number of hydrogen-bond donors (Lipinski definition) is 2. The van der Waals surface area contributed by atoms with Gasteiger partial charge in [-0.15, -0.1) is 0 Å². The van der Waals surface area contributed by atoms with Gasteiger partial charge in [-0.2, -0.15) is 0 Å². The summed E-state index contributed by atoms with van der Waals surface area (Å²) in [5.41, 5.74) is 12.9. The lowest BCUT2D eigenvalue weighted by molar-refractivity contribution is 0.485. The van der Waals surface area contributed by atoms with Crippen LogP contribution in [0.5, 0.6) is 0 Å². The number of rotatable bonds is 3. The van der Waals surface area contributed by atoms with Gasteiger partial charge in [0.25, 0.3) is 0 Å². The van der Waals surface area contributed by atoms with E-state index >= 15 is 0 Å². The van der Waals surface area contributed by atoms with E-state index in [1.165, 1.54) is 12.8 Å². The quantitative estimate of drug-likeness (QED) is 0.807. The minimum atomic E-state index is -0.139. The SMILES string of the molecule is NC(c1cccc(Br)n1)C(N)C1CC1. The molecule has 3 nitrogen and oxygen atoms in total. The molecule has 4 heteroatoms. The topological polar surface area (TPSA) is 64.9 Å². The predicted molar refractivity (Wildman–Crippen MR) is 59.6 cm³/mol. The van der Waals surface area contributed by atoms with Gasteiger partial charge in [0.15, 0.2) is 0 Å². The zero-order valence-corrected chi connectivity index (χ0v) is 9.44. The van der Waals surface area contributed by atoms with Crippen LogP contribution in [0.2, 0.25) is 0 Å². The zero-order chi connectivity index (χ0) is 10.1. The molecule has 0 aliphatic heterocycles. The first-order valence-electron chi connectivity index (χ1n) is 4.82. The molecule has 1 aromatic rings. The summed E-state index contributed by atoms with van der Waals surface area (Å²) in [6, 6.07) is 5.67. The third-order valence-corrected chi connectivity index (χ3v) is 3.10. The summed E-state index contributed by atoms with van der Waals surface area (Å²) < 4.78 is 0.813. The molecule has 2 atom stereocenters. The molecule has 0 bridgehead atoms. The van der Waals surface area contributed by atoms with Gasteiger partial charge in [0, 0.05) is 6.04 Å². The van der Waals surface area contributed by atoms with Crippen LogP contribution in [-0.2, 0) is 0 Å². The molecule has 0 aromatic carbocycles. The molecule has 0 spiro atoms. The molecular formula is C10H14BrN3. The van der Waals surface area contributed by atoms with Gasteiger partial charge in [-0.05, 0) is 46.8 Å². The second kappa shape index (κ2) is 3.96. The van der Waals surface area contributed by atoms with E-state index in [1.54, 1.807) is 0 Å². The molecule has 1 aliphatic rings. The van der Waals surface area contributed by atoms with Crippen molar-refractivity contribution in [2.45, 2.75) is 24.9 Å². The lowest BCUT2D eigenvalue weighted by Gasteiger charge is -2.18. The number of pyridine rings is 1. The van der Waals surface area contributed by atoms with Crippen molar-refractivity contribution in [2.24, 2.45) is 17.4 Å². The second-order valence-electron chi connectivity index (χ2n) is 3.83. The largest absolute Gasteiger partial charge is 0.326 e. The van der Waals surface area contributed by atoms with E-state index in [0.717, 1.165) is 10.3 Å². The Morgan fingerprint density at radius 1 is 1.36 bits per heavy atom. The van der Waals surface area contributed by atoms with Gasteiger partial charge in [-0.1, -0.05) is 6.07 Å². The smallest absolute Gasteiger partial charge is 0.106 e. The minimum absolute atomic E-state index is 0.0526. The van der Waals surface area contributed by atoms with Crippen molar-refractivity contribution in [3.63, 3.8) is 0 Å². The predicted octanol–water partition coefficient (Wildman–Crippen LogP) is 1.58. The second-order valence-corrected chi connectivity index (χ2v) is 4.64. The number of aromatic nitrogens is 1. The maximum Gasteiger partial charge on any atom is 0.106 e. The molecule has 2 rings (SSSR count). The number of nitrogens with two attached hydrogens (primary N) is 2. The molecule has 1 saturated carbocycles. The van der Waals surface area contributed by atoms with Crippen LogP contribution in [0.4, 0.5) is 0 Å². The normalized spacial score (nSPS) is 20.5. The summed E-state index contributed by atoms with van der Waals surface area (Å²) >= 11 is 3.32. The third-order valence-electron chi connectivity index (χ3n) is 2.66. The number of hydrogen-bond acceptors (Lipinski definition) is 3. The van der Waals surface area contributed by atoms with Crippen LogP contribution in [0.15, 0.2) is 22.8 Å². The van der Waals surface area contributed by atoms with Gasteiger partial charge in [-0.25, -0.2) is 4.98 Å². The Labute approximate surface area is 92.0 Å².